The Morgan fingerprint density at radius 3 is 1.06 bits per heavy atom. The fourth-order valence-electron chi connectivity index (χ4n) is 3.87. The van der Waals surface area contributed by atoms with Crippen molar-refractivity contribution in [1.29, 1.82) is 0 Å². The molecule has 0 fully saturated rings. The Morgan fingerprint density at radius 1 is 0.481 bits per heavy atom. The van der Waals surface area contributed by atoms with Crippen molar-refractivity contribution in [3.63, 3.8) is 0 Å². The molecule has 21 heteroatoms. The zero-order valence-corrected chi connectivity index (χ0v) is 30.9. The first-order valence-corrected chi connectivity index (χ1v) is 17.7. The summed E-state index contributed by atoms with van der Waals surface area (Å²) < 4.78 is 64.8. The minimum absolute atomic E-state index is 0.0143. The third kappa shape index (κ3) is 31.2. The maximum atomic E-state index is 11.1. The fraction of sp³-hybridized carbons (Fsp3) is 0.788. The molecule has 0 amide bonds. The summed E-state index contributed by atoms with van der Waals surface area (Å²) in [7, 11) is 0. The van der Waals surface area contributed by atoms with Crippen molar-refractivity contribution in [2.45, 2.75) is 6.42 Å². The molecule has 0 aliphatic rings. The molecular formula is C33H57N3O18. The Morgan fingerprint density at radius 2 is 0.778 bits per heavy atom. The van der Waals surface area contributed by atoms with Gasteiger partial charge in [0.1, 0.15) is 5.69 Å². The maximum absolute atomic E-state index is 11.1. The number of anilines is 1. The van der Waals surface area contributed by atoms with Crippen LogP contribution in [0.4, 0.5) is 17.1 Å². The predicted molar refractivity (Wildman–Crippen MR) is 190 cm³/mol. The number of non-ortho nitro benzene ring substituents is 1. The van der Waals surface area contributed by atoms with Crippen LogP contribution in [0.1, 0.15) is 6.42 Å². The van der Waals surface area contributed by atoms with Crippen LogP contribution in [0.25, 0.3) is 0 Å². The van der Waals surface area contributed by atoms with Crippen molar-refractivity contribution >= 4 is 23.0 Å². The number of hydrogen-bond donors (Lipinski definition) is 2. The van der Waals surface area contributed by atoms with Crippen molar-refractivity contribution in [3.05, 3.63) is 38.4 Å². The highest BCUT2D eigenvalue weighted by atomic mass is 16.6. The average Bonchev–Trinajstić information content (AvgIpc) is 3.15. The molecule has 0 saturated carbocycles. The summed E-state index contributed by atoms with van der Waals surface area (Å²) in [5.74, 6) is -0.885. The summed E-state index contributed by atoms with van der Waals surface area (Å²) >= 11 is 0. The highest BCUT2D eigenvalue weighted by Crippen LogP contribution is 2.28. The van der Waals surface area contributed by atoms with Gasteiger partial charge >= 0.3 is 5.97 Å². The van der Waals surface area contributed by atoms with Gasteiger partial charge in [-0.05, 0) is 6.07 Å². The third-order valence-electron chi connectivity index (χ3n) is 6.50. The Balaban J connectivity index is 1.70. The largest absolute Gasteiger partial charge is 0.481 e. The smallest absolute Gasteiger partial charge is 0.305 e. The molecule has 1 aromatic rings. The Hall–Kier alpha value is -3.19. The van der Waals surface area contributed by atoms with E-state index in [1.54, 1.807) is 0 Å². The molecule has 54 heavy (non-hydrogen) atoms. The molecule has 0 aliphatic carbocycles. The minimum atomic E-state index is -0.885. The molecule has 312 valence electrons. The second-order valence-electron chi connectivity index (χ2n) is 10.6. The number of carbonyl (C=O) groups is 1. The molecule has 1 aromatic carbocycles. The molecule has 0 spiro atoms. The van der Waals surface area contributed by atoms with Gasteiger partial charge in [0.05, 0.1) is 181 Å². The predicted octanol–water partition coefficient (Wildman–Crippen LogP) is 1.59. The zero-order chi connectivity index (χ0) is 39.2. The van der Waals surface area contributed by atoms with Gasteiger partial charge in [0.2, 0.25) is 0 Å². The second-order valence-corrected chi connectivity index (χ2v) is 10.6. The van der Waals surface area contributed by atoms with Crippen LogP contribution in [0.5, 0.6) is 0 Å². The monoisotopic (exact) mass is 783 g/mol. The molecule has 1 rings (SSSR count). The van der Waals surface area contributed by atoms with Gasteiger partial charge in [-0.15, -0.1) is 0 Å². The van der Waals surface area contributed by atoms with E-state index < -0.39 is 15.8 Å². The molecule has 21 nitrogen and oxygen atoms in total. The molecule has 0 aliphatic heterocycles. The second kappa shape index (κ2) is 36.8. The molecule has 2 N–H and O–H groups in total. The number of nitro groups is 2. The van der Waals surface area contributed by atoms with Gasteiger partial charge in [-0.2, -0.15) is 0 Å². The van der Waals surface area contributed by atoms with E-state index in [0.717, 1.165) is 6.07 Å². The molecule has 0 saturated heterocycles. The summed E-state index contributed by atoms with van der Waals surface area (Å²) in [4.78, 5) is 30.9. The van der Waals surface area contributed by atoms with Crippen LogP contribution in [-0.2, 0) is 61.6 Å². The summed E-state index contributed by atoms with van der Waals surface area (Å²) in [6.07, 6.45) is -0.0143. The van der Waals surface area contributed by atoms with Crippen LogP contribution in [-0.4, -0.2) is 186 Å². The number of nitrogens with one attached hydrogen (secondary N) is 1. The van der Waals surface area contributed by atoms with Crippen LogP contribution in [0.15, 0.2) is 18.2 Å². The van der Waals surface area contributed by atoms with Crippen molar-refractivity contribution in [2.24, 2.45) is 0 Å². The Kier molecular flexibility index (Phi) is 33.2. The number of ether oxygens (including phenoxy) is 12. The fourth-order valence-corrected chi connectivity index (χ4v) is 3.87. The van der Waals surface area contributed by atoms with Gasteiger partial charge in [-0.3, -0.25) is 25.0 Å². The normalized spacial score (nSPS) is 11.3. The molecular weight excluding hydrogens is 726 g/mol. The standard InChI is InChI=1S/C33H57N3O18/c37-33(38)3-5-43-7-9-45-11-13-47-15-17-49-19-21-51-23-25-53-27-28-54-26-24-52-22-20-50-18-16-48-14-12-46-10-8-44-6-4-34-31-2-1-30(35(39)40)29-32(31)36(41)42/h1-2,29,34H,3-28H2,(H,37,38). The first-order valence-electron chi connectivity index (χ1n) is 17.7. The lowest BCUT2D eigenvalue weighted by molar-refractivity contribution is -0.393. The van der Waals surface area contributed by atoms with Crippen LogP contribution >= 0.6 is 0 Å². The van der Waals surface area contributed by atoms with Gasteiger partial charge in [0, 0.05) is 12.6 Å². The van der Waals surface area contributed by atoms with E-state index in [-0.39, 0.29) is 43.2 Å². The summed E-state index contributed by atoms with van der Waals surface area (Å²) in [6, 6.07) is 3.41. The Bertz CT molecular complexity index is 1070. The van der Waals surface area contributed by atoms with Crippen LogP contribution in [0.3, 0.4) is 0 Å². The number of carboxylic acid groups (broad SMARTS) is 1. The van der Waals surface area contributed by atoms with Crippen molar-refractivity contribution in [1.82, 2.24) is 0 Å². The van der Waals surface area contributed by atoms with Crippen molar-refractivity contribution < 1.29 is 76.6 Å². The topological polar surface area (TPSA) is 246 Å². The van der Waals surface area contributed by atoms with E-state index in [0.29, 0.717) is 145 Å². The van der Waals surface area contributed by atoms with E-state index in [2.05, 4.69) is 5.32 Å². The SMILES string of the molecule is O=C(O)CCOCCOCCOCCOCCOCCOCCOCCOCCOCCOCCOCCOCCNc1ccc([N+](=O)[O-])cc1[N+](=O)[O-]. The number of nitrogens with zero attached hydrogens (tertiary/aromatic N) is 2. The maximum Gasteiger partial charge on any atom is 0.305 e. The number of benzene rings is 1. The van der Waals surface area contributed by atoms with E-state index in [9.17, 15) is 25.0 Å². The van der Waals surface area contributed by atoms with E-state index in [1.807, 2.05) is 0 Å². The summed E-state index contributed by atoms with van der Waals surface area (Å²) in [5.41, 5.74) is -0.542. The lowest BCUT2D eigenvalue weighted by Crippen LogP contribution is -2.16. The molecule has 0 unspecified atom stereocenters. The summed E-state index contributed by atoms with van der Waals surface area (Å²) in [5, 5.41) is 33.3. The summed E-state index contributed by atoms with van der Waals surface area (Å²) in [6.45, 7) is 10.2. The van der Waals surface area contributed by atoms with Crippen LogP contribution in [0.2, 0.25) is 0 Å². The highest BCUT2D eigenvalue weighted by molar-refractivity contribution is 5.66. The number of rotatable bonds is 42. The van der Waals surface area contributed by atoms with Gasteiger partial charge in [0.25, 0.3) is 11.4 Å². The number of hydrogen-bond acceptors (Lipinski definition) is 18. The lowest BCUT2D eigenvalue weighted by atomic mass is 10.2. The van der Waals surface area contributed by atoms with E-state index in [4.69, 9.17) is 61.9 Å². The molecule has 0 bridgehead atoms. The first kappa shape index (κ1) is 48.8. The molecule has 0 aromatic heterocycles. The average molecular weight is 784 g/mol. The van der Waals surface area contributed by atoms with Crippen molar-refractivity contribution in [2.75, 3.05) is 170 Å². The van der Waals surface area contributed by atoms with Crippen molar-refractivity contribution in [3.8, 4) is 0 Å². The highest BCUT2D eigenvalue weighted by Gasteiger charge is 2.19. The third-order valence-corrected chi connectivity index (χ3v) is 6.50. The van der Waals surface area contributed by atoms with Gasteiger partial charge in [-0.25, -0.2) is 0 Å². The van der Waals surface area contributed by atoms with E-state index >= 15 is 0 Å². The first-order chi connectivity index (χ1) is 26.4. The number of nitro benzene ring substituents is 2. The number of aliphatic carboxylic acids is 1. The Labute approximate surface area is 314 Å². The van der Waals surface area contributed by atoms with Gasteiger partial charge in [0.15, 0.2) is 0 Å². The van der Waals surface area contributed by atoms with Gasteiger partial charge in [-0.1, -0.05) is 0 Å². The van der Waals surface area contributed by atoms with Crippen LogP contribution < -0.4 is 5.32 Å². The zero-order valence-electron chi connectivity index (χ0n) is 30.9. The van der Waals surface area contributed by atoms with Gasteiger partial charge < -0.3 is 67.3 Å². The molecule has 0 heterocycles. The minimum Gasteiger partial charge on any atom is -0.481 e. The quantitative estimate of drug-likeness (QED) is 0.0543. The number of carboxylic acids is 1. The lowest BCUT2D eigenvalue weighted by Gasteiger charge is -2.09. The van der Waals surface area contributed by atoms with E-state index in [1.165, 1.54) is 12.1 Å². The van der Waals surface area contributed by atoms with Crippen LogP contribution in [0, 0.1) is 20.2 Å². The molecule has 0 atom stereocenters. The molecule has 0 radical (unpaired) electrons.